The van der Waals surface area contributed by atoms with Crippen molar-refractivity contribution in [3.8, 4) is 0 Å². The number of hydrogen-bond donors (Lipinski definition) is 4. The lowest BCUT2D eigenvalue weighted by Crippen LogP contribution is -2.63. The molecule has 0 saturated heterocycles. The van der Waals surface area contributed by atoms with Gasteiger partial charge in [-0.15, -0.1) is 0 Å². The minimum absolute atomic E-state index is 0.469. The number of rotatable bonds is 17. The molecule has 0 fully saturated rings. The monoisotopic (exact) mass is 524 g/mol. The van der Waals surface area contributed by atoms with Gasteiger partial charge in [-0.3, -0.25) is 19.2 Å². The molecule has 1 aliphatic carbocycles. The van der Waals surface area contributed by atoms with Gasteiger partial charge >= 0.3 is 23.9 Å². The molecular weight excluding hydrogens is 476 g/mol. The molecule has 0 bridgehead atoms. The lowest BCUT2D eigenvalue weighted by molar-refractivity contribution is -0.197. The predicted molar refractivity (Wildman–Crippen MR) is 141 cm³/mol. The van der Waals surface area contributed by atoms with Crippen LogP contribution in [0.5, 0.6) is 0 Å². The smallest absolute Gasteiger partial charge is 0.321 e. The average Bonchev–Trinajstić information content (AvgIpc) is 2.78. The summed E-state index contributed by atoms with van der Waals surface area (Å²) in [6, 6.07) is 0. The molecule has 0 aromatic carbocycles. The zero-order valence-corrected chi connectivity index (χ0v) is 23.4. The Morgan fingerprint density at radius 1 is 0.595 bits per heavy atom. The molecule has 8 nitrogen and oxygen atoms in total. The molecule has 1 aliphatic rings. The fourth-order valence-electron chi connectivity index (χ4n) is 6.80. The standard InChI is InChI=1S/C29H48O8/c1-7-9-11-13-15-21-17-16-20(14-12-10-8-2)22(28(18(3)4,24(30)31)25(32)33)23(21)29(19(5)6,26(34)35)27(36)37/h16-23H,7-15H2,1-6H3,(H,30,31)(H,32,33)(H,34,35)(H,36,37). The molecule has 0 aromatic heterocycles. The first-order chi connectivity index (χ1) is 17.3. The third-order valence-electron chi connectivity index (χ3n) is 8.74. The van der Waals surface area contributed by atoms with Crippen LogP contribution in [0.15, 0.2) is 12.2 Å². The highest BCUT2D eigenvalue weighted by Crippen LogP contribution is 2.59. The van der Waals surface area contributed by atoms with Crippen LogP contribution < -0.4 is 0 Å². The molecule has 212 valence electrons. The van der Waals surface area contributed by atoms with Gasteiger partial charge in [-0.1, -0.05) is 98.6 Å². The van der Waals surface area contributed by atoms with Crippen LogP contribution in [0.3, 0.4) is 0 Å². The summed E-state index contributed by atoms with van der Waals surface area (Å²) in [4.78, 5) is 51.9. The Bertz CT molecular complexity index is 800. The first-order valence-electron chi connectivity index (χ1n) is 13.9. The van der Waals surface area contributed by atoms with Crippen molar-refractivity contribution in [1.29, 1.82) is 0 Å². The van der Waals surface area contributed by atoms with Crippen molar-refractivity contribution >= 4 is 23.9 Å². The van der Waals surface area contributed by atoms with Gasteiger partial charge in [-0.05, 0) is 48.3 Å². The second kappa shape index (κ2) is 14.0. The number of allylic oxidation sites excluding steroid dienone is 2. The lowest BCUT2D eigenvalue weighted by atomic mass is 9.46. The maximum atomic E-state index is 13.0. The Labute approximate surface area is 221 Å². The zero-order chi connectivity index (χ0) is 28.6. The van der Waals surface area contributed by atoms with E-state index < -0.39 is 70.2 Å². The summed E-state index contributed by atoms with van der Waals surface area (Å²) in [5, 5.41) is 42.2. The van der Waals surface area contributed by atoms with Crippen LogP contribution in [0.2, 0.25) is 0 Å². The van der Waals surface area contributed by atoms with Crippen LogP contribution in [-0.2, 0) is 19.2 Å². The fourth-order valence-corrected chi connectivity index (χ4v) is 6.80. The molecule has 0 spiro atoms. The van der Waals surface area contributed by atoms with Crippen LogP contribution in [0.1, 0.15) is 99.3 Å². The maximum Gasteiger partial charge on any atom is 0.321 e. The number of hydrogen-bond acceptors (Lipinski definition) is 4. The SMILES string of the molecule is CCCCCCC1C=CC(CCCCC)C(C(C(=O)O)(C(=O)O)C(C)C)C1C(C(=O)O)(C(=O)O)C(C)C. The van der Waals surface area contributed by atoms with Crippen LogP contribution in [0.4, 0.5) is 0 Å². The van der Waals surface area contributed by atoms with E-state index in [1.165, 1.54) is 27.7 Å². The minimum atomic E-state index is -2.35. The highest BCUT2D eigenvalue weighted by molar-refractivity contribution is 6.01. The Morgan fingerprint density at radius 2 is 0.892 bits per heavy atom. The molecule has 4 unspecified atom stereocenters. The summed E-state index contributed by atoms with van der Waals surface area (Å²) < 4.78 is 0. The van der Waals surface area contributed by atoms with E-state index in [4.69, 9.17) is 0 Å². The largest absolute Gasteiger partial charge is 0.480 e. The van der Waals surface area contributed by atoms with Crippen molar-refractivity contribution in [2.24, 2.45) is 46.3 Å². The average molecular weight is 525 g/mol. The molecule has 0 aliphatic heterocycles. The van der Waals surface area contributed by atoms with Crippen molar-refractivity contribution in [2.45, 2.75) is 99.3 Å². The molecule has 37 heavy (non-hydrogen) atoms. The Kier molecular flexibility index (Phi) is 12.3. The van der Waals surface area contributed by atoms with Gasteiger partial charge < -0.3 is 20.4 Å². The van der Waals surface area contributed by atoms with Crippen molar-refractivity contribution in [3.05, 3.63) is 12.2 Å². The van der Waals surface area contributed by atoms with Gasteiger partial charge in [-0.25, -0.2) is 0 Å². The number of aliphatic carboxylic acids is 4. The summed E-state index contributed by atoms with van der Waals surface area (Å²) >= 11 is 0. The van der Waals surface area contributed by atoms with Gasteiger partial charge in [0.25, 0.3) is 0 Å². The lowest BCUT2D eigenvalue weighted by Gasteiger charge is -2.53. The van der Waals surface area contributed by atoms with Crippen LogP contribution in [0, 0.1) is 46.3 Å². The first kappa shape index (κ1) is 32.6. The molecule has 0 saturated carbocycles. The molecule has 8 heteroatoms. The molecule has 4 N–H and O–H groups in total. The molecule has 4 atom stereocenters. The van der Waals surface area contributed by atoms with E-state index in [-0.39, 0.29) is 0 Å². The summed E-state index contributed by atoms with van der Waals surface area (Å²) in [5.74, 6) is -11.5. The van der Waals surface area contributed by atoms with E-state index in [0.29, 0.717) is 19.3 Å². The fraction of sp³-hybridized carbons (Fsp3) is 0.793. The Balaban J connectivity index is 4.08. The summed E-state index contributed by atoms with van der Waals surface area (Å²) in [6.07, 6.45) is 10.7. The number of unbranched alkanes of at least 4 members (excludes halogenated alkanes) is 5. The van der Waals surface area contributed by atoms with E-state index in [1.807, 2.05) is 19.1 Å². The number of carbonyl (C=O) groups is 4. The summed E-state index contributed by atoms with van der Waals surface area (Å²) in [5.41, 5.74) is -4.70. The summed E-state index contributed by atoms with van der Waals surface area (Å²) in [7, 11) is 0. The van der Waals surface area contributed by atoms with Crippen molar-refractivity contribution in [2.75, 3.05) is 0 Å². The number of carboxylic acid groups (broad SMARTS) is 4. The van der Waals surface area contributed by atoms with Crippen molar-refractivity contribution < 1.29 is 39.6 Å². The molecule has 0 radical (unpaired) electrons. The molecule has 1 rings (SSSR count). The van der Waals surface area contributed by atoms with E-state index in [1.54, 1.807) is 0 Å². The van der Waals surface area contributed by atoms with Gasteiger partial charge in [0.1, 0.15) is 0 Å². The highest BCUT2D eigenvalue weighted by atomic mass is 16.4. The Hall–Kier alpha value is -2.38. The van der Waals surface area contributed by atoms with Gasteiger partial charge in [0, 0.05) is 0 Å². The van der Waals surface area contributed by atoms with Gasteiger partial charge in [0.15, 0.2) is 10.8 Å². The van der Waals surface area contributed by atoms with E-state index >= 15 is 0 Å². The number of carboxylic acids is 4. The van der Waals surface area contributed by atoms with Gasteiger partial charge in [0.05, 0.1) is 0 Å². The molecule has 0 amide bonds. The first-order valence-corrected chi connectivity index (χ1v) is 13.9. The molecule has 0 aromatic rings. The predicted octanol–water partition coefficient (Wildman–Crippen LogP) is 6.19. The molecule has 0 heterocycles. The van der Waals surface area contributed by atoms with Crippen molar-refractivity contribution in [3.63, 3.8) is 0 Å². The summed E-state index contributed by atoms with van der Waals surface area (Å²) in [6.45, 7) is 10.2. The minimum Gasteiger partial charge on any atom is -0.480 e. The van der Waals surface area contributed by atoms with Gasteiger partial charge in [-0.2, -0.15) is 0 Å². The normalized spacial score (nSPS) is 22.4. The van der Waals surface area contributed by atoms with Crippen LogP contribution >= 0.6 is 0 Å². The zero-order valence-electron chi connectivity index (χ0n) is 23.4. The van der Waals surface area contributed by atoms with Crippen LogP contribution in [-0.4, -0.2) is 44.3 Å². The maximum absolute atomic E-state index is 13.0. The van der Waals surface area contributed by atoms with E-state index in [9.17, 15) is 39.6 Å². The van der Waals surface area contributed by atoms with Gasteiger partial charge in [0.2, 0.25) is 0 Å². The molecular formula is C29H48O8. The van der Waals surface area contributed by atoms with E-state index in [0.717, 1.165) is 38.5 Å². The Morgan fingerprint density at radius 3 is 1.16 bits per heavy atom. The second-order valence-electron chi connectivity index (χ2n) is 11.4. The van der Waals surface area contributed by atoms with Crippen LogP contribution in [0.25, 0.3) is 0 Å². The van der Waals surface area contributed by atoms with Crippen molar-refractivity contribution in [1.82, 2.24) is 0 Å². The van der Waals surface area contributed by atoms with E-state index in [2.05, 4.69) is 6.92 Å². The topological polar surface area (TPSA) is 149 Å². The second-order valence-corrected chi connectivity index (χ2v) is 11.4. The third-order valence-corrected chi connectivity index (χ3v) is 8.74. The highest BCUT2D eigenvalue weighted by Gasteiger charge is 2.68. The quantitative estimate of drug-likeness (QED) is 0.0998. The third kappa shape index (κ3) is 6.20.